The van der Waals surface area contributed by atoms with E-state index < -0.39 is 5.97 Å². The molecule has 0 aliphatic rings. The van der Waals surface area contributed by atoms with Crippen molar-refractivity contribution in [1.82, 2.24) is 15.0 Å². The molecule has 0 N–H and O–H groups in total. The molecule has 0 saturated carbocycles. The quantitative estimate of drug-likeness (QED) is 0.493. The summed E-state index contributed by atoms with van der Waals surface area (Å²) in [5.74, 6) is 0.162. The summed E-state index contributed by atoms with van der Waals surface area (Å²) in [6.45, 7) is 0.0938. The van der Waals surface area contributed by atoms with Crippen molar-refractivity contribution in [2.24, 2.45) is 0 Å². The molecule has 0 fully saturated rings. The van der Waals surface area contributed by atoms with Crippen molar-refractivity contribution < 1.29 is 14.3 Å². The summed E-state index contributed by atoms with van der Waals surface area (Å²) >= 11 is 0. The van der Waals surface area contributed by atoms with E-state index >= 15 is 0 Å². The maximum atomic E-state index is 11.8. The molecule has 6 heteroatoms. The smallest absolute Gasteiger partial charge is 0.344 e. The zero-order valence-electron chi connectivity index (χ0n) is 14.5. The Morgan fingerprint density at radius 2 is 1.44 bits per heavy atom. The van der Waals surface area contributed by atoms with Crippen LogP contribution in [0.4, 0.5) is 0 Å². The Morgan fingerprint density at radius 1 is 0.815 bits per heavy atom. The van der Waals surface area contributed by atoms with Gasteiger partial charge in [0.2, 0.25) is 0 Å². The number of hydrogen-bond donors (Lipinski definition) is 0. The summed E-state index contributed by atoms with van der Waals surface area (Å²) in [6, 6.07) is 24.4. The third-order valence-corrected chi connectivity index (χ3v) is 3.95. The van der Waals surface area contributed by atoms with Crippen LogP contribution in [0.25, 0.3) is 16.7 Å². The molecule has 0 spiro atoms. The van der Waals surface area contributed by atoms with E-state index in [0.29, 0.717) is 5.75 Å². The SMILES string of the molecule is O=C(COc1ccc(-n2nc3ccccc3n2)cc1)OCc1ccccc1. The lowest BCUT2D eigenvalue weighted by molar-refractivity contribution is -0.147. The minimum Gasteiger partial charge on any atom is -0.482 e. The van der Waals surface area contributed by atoms with Crippen LogP contribution < -0.4 is 4.74 Å². The van der Waals surface area contributed by atoms with Crippen LogP contribution in [0.2, 0.25) is 0 Å². The molecular weight excluding hydrogens is 342 g/mol. The van der Waals surface area contributed by atoms with Crippen molar-refractivity contribution in [3.8, 4) is 11.4 Å². The molecule has 0 saturated heterocycles. The van der Waals surface area contributed by atoms with E-state index in [4.69, 9.17) is 9.47 Å². The molecule has 1 aromatic heterocycles. The third-order valence-electron chi connectivity index (χ3n) is 3.95. The Morgan fingerprint density at radius 3 is 2.11 bits per heavy atom. The van der Waals surface area contributed by atoms with E-state index in [1.165, 1.54) is 0 Å². The molecule has 0 atom stereocenters. The molecule has 0 radical (unpaired) electrons. The predicted molar refractivity (Wildman–Crippen MR) is 101 cm³/mol. The molecule has 1 heterocycles. The monoisotopic (exact) mass is 359 g/mol. The first kappa shape index (κ1) is 16.8. The van der Waals surface area contributed by atoms with Crippen LogP contribution in [-0.2, 0) is 16.1 Å². The lowest BCUT2D eigenvalue weighted by atomic mass is 10.2. The van der Waals surface area contributed by atoms with Crippen LogP contribution in [0.15, 0.2) is 78.9 Å². The fraction of sp³-hybridized carbons (Fsp3) is 0.0952. The van der Waals surface area contributed by atoms with Crippen LogP contribution in [0.1, 0.15) is 5.56 Å². The average molecular weight is 359 g/mol. The van der Waals surface area contributed by atoms with Gasteiger partial charge in [0.1, 0.15) is 23.4 Å². The minimum absolute atomic E-state index is 0.143. The second-order valence-electron chi connectivity index (χ2n) is 5.91. The highest BCUT2D eigenvalue weighted by Gasteiger charge is 2.07. The van der Waals surface area contributed by atoms with Crippen LogP contribution in [-0.4, -0.2) is 27.6 Å². The number of hydrogen-bond acceptors (Lipinski definition) is 5. The molecule has 0 bridgehead atoms. The van der Waals surface area contributed by atoms with Gasteiger partial charge >= 0.3 is 5.97 Å². The average Bonchev–Trinajstić information content (AvgIpc) is 3.16. The molecule has 4 rings (SSSR count). The zero-order chi connectivity index (χ0) is 18.5. The molecular formula is C21H17N3O3. The number of fused-ring (bicyclic) bond motifs is 1. The van der Waals surface area contributed by atoms with E-state index in [1.807, 2.05) is 66.7 Å². The fourth-order valence-electron chi connectivity index (χ4n) is 2.57. The van der Waals surface area contributed by atoms with Crippen LogP contribution >= 0.6 is 0 Å². The highest BCUT2D eigenvalue weighted by Crippen LogP contribution is 2.16. The summed E-state index contributed by atoms with van der Waals surface area (Å²) < 4.78 is 10.7. The first-order valence-electron chi connectivity index (χ1n) is 8.53. The minimum atomic E-state index is -0.414. The maximum Gasteiger partial charge on any atom is 0.344 e. The summed E-state index contributed by atoms with van der Waals surface area (Å²) in [5.41, 5.74) is 3.41. The molecule has 134 valence electrons. The number of nitrogens with zero attached hydrogens (tertiary/aromatic N) is 3. The fourth-order valence-corrected chi connectivity index (χ4v) is 2.57. The Hall–Kier alpha value is -3.67. The second kappa shape index (κ2) is 7.70. The Labute approximate surface area is 156 Å². The van der Waals surface area contributed by atoms with Gasteiger partial charge in [-0.25, -0.2) is 4.79 Å². The molecule has 0 amide bonds. The van der Waals surface area contributed by atoms with Crippen LogP contribution in [0, 0.1) is 0 Å². The number of benzene rings is 3. The molecule has 27 heavy (non-hydrogen) atoms. The Kier molecular flexibility index (Phi) is 4.78. The number of ether oxygens (including phenoxy) is 2. The number of esters is 1. The van der Waals surface area contributed by atoms with Gasteiger partial charge in [-0.05, 0) is 42.0 Å². The van der Waals surface area contributed by atoms with Gasteiger partial charge in [0.15, 0.2) is 6.61 Å². The van der Waals surface area contributed by atoms with Crippen LogP contribution in [0.3, 0.4) is 0 Å². The molecule has 3 aromatic carbocycles. The van der Waals surface area contributed by atoms with Crippen molar-refractivity contribution in [2.45, 2.75) is 6.61 Å². The van der Waals surface area contributed by atoms with Crippen LogP contribution in [0.5, 0.6) is 5.75 Å². The molecule has 6 nitrogen and oxygen atoms in total. The third kappa shape index (κ3) is 4.12. The maximum absolute atomic E-state index is 11.8. The van der Waals surface area contributed by atoms with E-state index in [2.05, 4.69) is 10.2 Å². The number of aromatic nitrogens is 3. The number of rotatable bonds is 6. The van der Waals surface area contributed by atoms with Crippen molar-refractivity contribution in [3.63, 3.8) is 0 Å². The summed E-state index contributed by atoms with van der Waals surface area (Å²) in [6.07, 6.45) is 0. The Balaban J connectivity index is 1.33. The van der Waals surface area contributed by atoms with E-state index in [9.17, 15) is 4.79 Å². The highest BCUT2D eigenvalue weighted by atomic mass is 16.6. The van der Waals surface area contributed by atoms with Gasteiger partial charge < -0.3 is 9.47 Å². The Bertz CT molecular complexity index is 1010. The predicted octanol–water partition coefficient (Wildman–Crippen LogP) is 3.54. The van der Waals surface area contributed by atoms with E-state index in [0.717, 1.165) is 22.3 Å². The van der Waals surface area contributed by atoms with Gasteiger partial charge in [-0.1, -0.05) is 42.5 Å². The highest BCUT2D eigenvalue weighted by molar-refractivity contribution is 5.73. The molecule has 0 aliphatic heterocycles. The van der Waals surface area contributed by atoms with Gasteiger partial charge in [-0.2, -0.15) is 4.80 Å². The van der Waals surface area contributed by atoms with E-state index in [1.54, 1.807) is 16.9 Å². The molecule has 0 unspecified atom stereocenters. The van der Waals surface area contributed by atoms with E-state index in [-0.39, 0.29) is 13.2 Å². The second-order valence-corrected chi connectivity index (χ2v) is 5.91. The summed E-state index contributed by atoms with van der Waals surface area (Å²) in [7, 11) is 0. The van der Waals surface area contributed by atoms with Crippen molar-refractivity contribution in [1.29, 1.82) is 0 Å². The molecule has 4 aromatic rings. The number of carbonyl (C=O) groups is 1. The lowest BCUT2D eigenvalue weighted by Gasteiger charge is -2.08. The van der Waals surface area contributed by atoms with Gasteiger partial charge in [0.25, 0.3) is 0 Å². The van der Waals surface area contributed by atoms with Gasteiger partial charge in [0, 0.05) is 0 Å². The van der Waals surface area contributed by atoms with Crippen molar-refractivity contribution in [3.05, 3.63) is 84.4 Å². The number of carbonyl (C=O) groups excluding carboxylic acids is 1. The lowest BCUT2D eigenvalue weighted by Crippen LogP contribution is -2.14. The van der Waals surface area contributed by atoms with Gasteiger partial charge in [0.05, 0.1) is 5.69 Å². The van der Waals surface area contributed by atoms with Gasteiger partial charge in [-0.15, -0.1) is 10.2 Å². The first-order chi connectivity index (χ1) is 13.3. The van der Waals surface area contributed by atoms with Gasteiger partial charge in [-0.3, -0.25) is 0 Å². The summed E-state index contributed by atoms with van der Waals surface area (Å²) in [5, 5.41) is 8.86. The zero-order valence-corrected chi connectivity index (χ0v) is 14.5. The largest absolute Gasteiger partial charge is 0.482 e. The topological polar surface area (TPSA) is 66.2 Å². The normalized spacial score (nSPS) is 10.7. The first-order valence-corrected chi connectivity index (χ1v) is 8.53. The van der Waals surface area contributed by atoms with Crippen molar-refractivity contribution in [2.75, 3.05) is 6.61 Å². The van der Waals surface area contributed by atoms with Crippen molar-refractivity contribution >= 4 is 17.0 Å². The molecule has 0 aliphatic carbocycles. The summed E-state index contributed by atoms with van der Waals surface area (Å²) in [4.78, 5) is 13.4. The standard InChI is InChI=1S/C21H17N3O3/c25-21(27-14-16-6-2-1-3-7-16)15-26-18-12-10-17(11-13-18)24-22-19-8-4-5-9-20(19)23-24/h1-13H,14-15H2.